The number of para-hydroxylation sites is 1. The summed E-state index contributed by atoms with van der Waals surface area (Å²) in [7, 11) is 0. The van der Waals surface area contributed by atoms with Gasteiger partial charge < -0.3 is 9.73 Å². The Kier molecular flexibility index (Phi) is 6.51. The number of amides is 1. The van der Waals surface area contributed by atoms with Crippen LogP contribution in [0.5, 0.6) is 0 Å². The highest BCUT2D eigenvalue weighted by Crippen LogP contribution is 2.33. The van der Waals surface area contributed by atoms with Crippen LogP contribution in [0.25, 0.3) is 17.3 Å². The van der Waals surface area contributed by atoms with Crippen LogP contribution in [0.2, 0.25) is 5.02 Å². The fourth-order valence-electron chi connectivity index (χ4n) is 2.72. The van der Waals surface area contributed by atoms with E-state index in [1.165, 1.54) is 23.1 Å². The van der Waals surface area contributed by atoms with Crippen LogP contribution in [-0.2, 0) is 5.75 Å². The van der Waals surface area contributed by atoms with E-state index in [-0.39, 0.29) is 5.91 Å². The van der Waals surface area contributed by atoms with Crippen LogP contribution >= 0.6 is 34.7 Å². The van der Waals surface area contributed by atoms with Gasteiger partial charge in [-0.3, -0.25) is 9.36 Å². The second-order valence-electron chi connectivity index (χ2n) is 6.24. The van der Waals surface area contributed by atoms with Gasteiger partial charge in [-0.05, 0) is 30.7 Å². The molecule has 4 aromatic rings. The Morgan fingerprint density at radius 2 is 2.13 bits per heavy atom. The molecule has 3 aromatic heterocycles. The van der Waals surface area contributed by atoms with Gasteiger partial charge in [0.2, 0.25) is 5.82 Å². The lowest BCUT2D eigenvalue weighted by molar-refractivity contribution is 0.0949. The zero-order valence-electron chi connectivity index (χ0n) is 16.0. The Morgan fingerprint density at radius 3 is 2.90 bits per heavy atom. The zero-order chi connectivity index (χ0) is 20.9. The molecule has 10 heteroatoms. The highest BCUT2D eigenvalue weighted by Gasteiger charge is 2.20. The van der Waals surface area contributed by atoms with Crippen molar-refractivity contribution in [3.63, 3.8) is 0 Å². The van der Waals surface area contributed by atoms with Crippen LogP contribution in [0.1, 0.15) is 28.8 Å². The molecule has 0 spiro atoms. The molecule has 0 atom stereocenters. The first-order valence-electron chi connectivity index (χ1n) is 9.27. The van der Waals surface area contributed by atoms with Gasteiger partial charge in [0, 0.05) is 11.9 Å². The fraction of sp³-hybridized carbons (Fsp3) is 0.200. The first kappa shape index (κ1) is 20.6. The van der Waals surface area contributed by atoms with E-state index in [4.69, 9.17) is 16.0 Å². The molecule has 0 aliphatic carbocycles. The molecule has 0 fully saturated rings. The third-order valence-electron chi connectivity index (χ3n) is 4.11. The Labute approximate surface area is 186 Å². The summed E-state index contributed by atoms with van der Waals surface area (Å²) >= 11 is 9.36. The third-order valence-corrected chi connectivity index (χ3v) is 6.40. The number of furan rings is 1. The number of thioether (sulfide) groups is 1. The summed E-state index contributed by atoms with van der Waals surface area (Å²) in [6, 6.07) is 11.1. The summed E-state index contributed by atoms with van der Waals surface area (Å²) in [6.45, 7) is 2.65. The molecule has 7 nitrogen and oxygen atoms in total. The van der Waals surface area contributed by atoms with Gasteiger partial charge in [0.25, 0.3) is 5.91 Å². The number of halogens is 1. The van der Waals surface area contributed by atoms with E-state index in [9.17, 15) is 4.79 Å². The SMILES string of the molecule is CCCNC(=O)c1csc(CSc2nnc(-c3ccco3)n2-c2ccccc2Cl)n1. The predicted molar refractivity (Wildman–Crippen MR) is 118 cm³/mol. The third kappa shape index (κ3) is 4.43. The molecule has 4 rings (SSSR count). The van der Waals surface area contributed by atoms with Crippen molar-refractivity contribution in [2.75, 3.05) is 6.54 Å². The van der Waals surface area contributed by atoms with Crippen LogP contribution in [0, 0.1) is 0 Å². The molecule has 0 bridgehead atoms. The van der Waals surface area contributed by atoms with Gasteiger partial charge in [0.15, 0.2) is 10.9 Å². The Bertz CT molecular complexity index is 1140. The lowest BCUT2D eigenvalue weighted by Crippen LogP contribution is -2.24. The molecule has 1 amide bonds. The fourth-order valence-corrected chi connectivity index (χ4v) is 4.67. The van der Waals surface area contributed by atoms with Crippen molar-refractivity contribution < 1.29 is 9.21 Å². The number of hydrogen-bond acceptors (Lipinski definition) is 7. The van der Waals surface area contributed by atoms with Crippen molar-refractivity contribution in [3.05, 3.63) is 63.8 Å². The van der Waals surface area contributed by atoms with Gasteiger partial charge in [0.05, 0.1) is 22.7 Å². The van der Waals surface area contributed by atoms with Gasteiger partial charge in [0.1, 0.15) is 10.7 Å². The Hall–Kier alpha value is -2.62. The maximum absolute atomic E-state index is 12.1. The minimum Gasteiger partial charge on any atom is -0.461 e. The van der Waals surface area contributed by atoms with E-state index in [1.54, 1.807) is 17.7 Å². The van der Waals surface area contributed by atoms with Crippen molar-refractivity contribution in [1.82, 2.24) is 25.1 Å². The van der Waals surface area contributed by atoms with Gasteiger partial charge in [-0.25, -0.2) is 4.98 Å². The summed E-state index contributed by atoms with van der Waals surface area (Å²) in [5.41, 5.74) is 1.20. The van der Waals surface area contributed by atoms with E-state index in [2.05, 4.69) is 20.5 Å². The van der Waals surface area contributed by atoms with Crippen LogP contribution in [0.15, 0.2) is 57.6 Å². The molecule has 0 radical (unpaired) electrons. The second-order valence-corrected chi connectivity index (χ2v) is 8.53. The molecule has 1 aromatic carbocycles. The maximum Gasteiger partial charge on any atom is 0.270 e. The molecule has 3 heterocycles. The van der Waals surface area contributed by atoms with E-state index >= 15 is 0 Å². The number of hydrogen-bond donors (Lipinski definition) is 1. The smallest absolute Gasteiger partial charge is 0.270 e. The molecule has 0 unspecified atom stereocenters. The van der Waals surface area contributed by atoms with Crippen molar-refractivity contribution in [3.8, 4) is 17.3 Å². The summed E-state index contributed by atoms with van der Waals surface area (Å²) in [5.74, 6) is 1.56. The number of nitrogens with one attached hydrogen (secondary N) is 1. The quantitative estimate of drug-likeness (QED) is 0.370. The molecule has 30 heavy (non-hydrogen) atoms. The lowest BCUT2D eigenvalue weighted by atomic mass is 10.3. The van der Waals surface area contributed by atoms with Crippen LogP contribution in [0.4, 0.5) is 0 Å². The summed E-state index contributed by atoms with van der Waals surface area (Å²) in [5, 5.41) is 15.3. The zero-order valence-corrected chi connectivity index (χ0v) is 18.4. The van der Waals surface area contributed by atoms with E-state index in [0.29, 0.717) is 39.8 Å². The monoisotopic (exact) mass is 459 g/mol. The molecule has 1 N–H and O–H groups in total. The van der Waals surface area contributed by atoms with Crippen molar-refractivity contribution in [2.24, 2.45) is 0 Å². The number of benzene rings is 1. The van der Waals surface area contributed by atoms with Gasteiger partial charge in [-0.1, -0.05) is 42.4 Å². The summed E-state index contributed by atoms with van der Waals surface area (Å²) in [4.78, 5) is 16.5. The van der Waals surface area contributed by atoms with Crippen molar-refractivity contribution >= 4 is 40.6 Å². The summed E-state index contributed by atoms with van der Waals surface area (Å²) in [6.07, 6.45) is 2.47. The first-order valence-corrected chi connectivity index (χ1v) is 11.5. The highest BCUT2D eigenvalue weighted by molar-refractivity contribution is 7.98. The Balaban J connectivity index is 1.59. The minimum absolute atomic E-state index is 0.149. The first-order chi connectivity index (χ1) is 14.7. The molecular formula is C20H18ClN5O2S2. The maximum atomic E-state index is 12.1. The number of rotatable bonds is 8. The van der Waals surface area contributed by atoms with Gasteiger partial charge in [-0.2, -0.15) is 0 Å². The molecule has 0 aliphatic rings. The van der Waals surface area contributed by atoms with Crippen molar-refractivity contribution in [1.29, 1.82) is 0 Å². The van der Waals surface area contributed by atoms with E-state index < -0.39 is 0 Å². The summed E-state index contributed by atoms with van der Waals surface area (Å²) < 4.78 is 7.40. The molecule has 0 aliphatic heterocycles. The number of nitrogens with zero attached hydrogens (tertiary/aromatic N) is 4. The predicted octanol–water partition coefficient (Wildman–Crippen LogP) is 5.07. The second kappa shape index (κ2) is 9.46. The van der Waals surface area contributed by atoms with Crippen molar-refractivity contribution in [2.45, 2.75) is 24.3 Å². The normalized spacial score (nSPS) is 11.0. The lowest BCUT2D eigenvalue weighted by Gasteiger charge is -2.10. The number of carbonyl (C=O) groups excluding carboxylic acids is 1. The van der Waals surface area contributed by atoms with Gasteiger partial charge >= 0.3 is 0 Å². The van der Waals surface area contributed by atoms with Crippen LogP contribution in [-0.4, -0.2) is 32.2 Å². The number of carbonyl (C=O) groups is 1. The molecular weight excluding hydrogens is 442 g/mol. The minimum atomic E-state index is -0.149. The Morgan fingerprint density at radius 1 is 1.27 bits per heavy atom. The topological polar surface area (TPSA) is 85.8 Å². The molecule has 154 valence electrons. The van der Waals surface area contributed by atoms with Crippen LogP contribution < -0.4 is 5.32 Å². The average Bonchev–Trinajstić information content (AvgIpc) is 3.51. The standard InChI is InChI=1S/C20H18ClN5O2S2/c1-2-9-22-19(27)14-11-29-17(23-14)12-30-20-25-24-18(16-8-5-10-28-16)26(20)15-7-4-3-6-13(15)21/h3-8,10-11H,2,9,12H2,1H3,(H,22,27). The number of thiazole rings is 1. The van der Waals surface area contributed by atoms with E-state index in [1.807, 2.05) is 41.8 Å². The average molecular weight is 460 g/mol. The molecule has 0 saturated heterocycles. The van der Waals surface area contributed by atoms with E-state index in [0.717, 1.165) is 17.1 Å². The van der Waals surface area contributed by atoms with Crippen LogP contribution in [0.3, 0.4) is 0 Å². The highest BCUT2D eigenvalue weighted by atomic mass is 35.5. The van der Waals surface area contributed by atoms with Gasteiger partial charge in [-0.15, -0.1) is 21.5 Å². The number of aromatic nitrogens is 4. The largest absolute Gasteiger partial charge is 0.461 e. The molecule has 0 saturated carbocycles.